The Morgan fingerprint density at radius 2 is 2.52 bits per heavy atom. The summed E-state index contributed by atoms with van der Waals surface area (Å²) in [7, 11) is 1.72. The van der Waals surface area contributed by atoms with Gasteiger partial charge in [0.1, 0.15) is 0 Å². The largest absolute Gasteiger partial charge is 0.384 e. The van der Waals surface area contributed by atoms with Gasteiger partial charge < -0.3 is 14.4 Å². The van der Waals surface area contributed by atoms with Crippen LogP contribution in [0.1, 0.15) is 29.6 Å². The van der Waals surface area contributed by atoms with E-state index in [0.717, 1.165) is 32.4 Å². The van der Waals surface area contributed by atoms with E-state index in [4.69, 9.17) is 9.47 Å². The van der Waals surface area contributed by atoms with Crippen molar-refractivity contribution < 1.29 is 14.3 Å². The summed E-state index contributed by atoms with van der Waals surface area (Å²) in [4.78, 5) is 18.6. The molecule has 5 nitrogen and oxygen atoms in total. The Hall–Kier alpha value is -1.46. The average Bonchev–Trinajstić information content (AvgIpc) is 2.54. The maximum absolute atomic E-state index is 12.6. The van der Waals surface area contributed by atoms with Gasteiger partial charge in [0.05, 0.1) is 18.3 Å². The zero-order valence-corrected chi connectivity index (χ0v) is 12.5. The van der Waals surface area contributed by atoms with E-state index in [2.05, 4.69) is 4.98 Å². The van der Waals surface area contributed by atoms with Crippen LogP contribution in [0.15, 0.2) is 24.5 Å². The summed E-state index contributed by atoms with van der Waals surface area (Å²) in [5.41, 5.74) is 0.601. The van der Waals surface area contributed by atoms with Crippen LogP contribution in [0.3, 0.4) is 0 Å². The number of amides is 1. The molecule has 3 heterocycles. The smallest absolute Gasteiger partial charge is 0.255 e. The van der Waals surface area contributed by atoms with Crippen LogP contribution in [-0.4, -0.2) is 55.3 Å². The Labute approximate surface area is 125 Å². The van der Waals surface area contributed by atoms with Crippen molar-refractivity contribution in [2.24, 2.45) is 5.41 Å². The SMILES string of the molecule is COC[C@]12CCCO[C@@H]1CCN(C(=O)c1cccnc1)C2. The number of fused-ring (bicyclic) bond motifs is 1. The Balaban J connectivity index is 1.78. The third kappa shape index (κ3) is 2.80. The van der Waals surface area contributed by atoms with Crippen LogP contribution in [0.25, 0.3) is 0 Å². The number of likely N-dealkylation sites (tertiary alicyclic amines) is 1. The average molecular weight is 290 g/mol. The number of rotatable bonds is 3. The summed E-state index contributed by atoms with van der Waals surface area (Å²) in [5.74, 6) is 0.0580. The zero-order valence-electron chi connectivity index (χ0n) is 12.5. The first-order valence-electron chi connectivity index (χ1n) is 7.55. The van der Waals surface area contributed by atoms with Crippen LogP contribution < -0.4 is 0 Å². The van der Waals surface area contributed by atoms with Gasteiger partial charge in [-0.25, -0.2) is 0 Å². The molecule has 0 bridgehead atoms. The molecule has 0 unspecified atom stereocenters. The molecule has 2 aliphatic rings. The van der Waals surface area contributed by atoms with E-state index in [9.17, 15) is 4.79 Å². The predicted molar refractivity (Wildman–Crippen MR) is 78.0 cm³/mol. The second kappa shape index (κ2) is 6.12. The lowest BCUT2D eigenvalue weighted by atomic mass is 9.73. The molecule has 0 aliphatic carbocycles. The highest BCUT2D eigenvalue weighted by Gasteiger charge is 2.47. The molecule has 2 saturated heterocycles. The molecular weight excluding hydrogens is 268 g/mol. The van der Waals surface area contributed by atoms with Gasteiger partial charge in [0, 0.05) is 44.6 Å². The van der Waals surface area contributed by atoms with E-state index < -0.39 is 0 Å². The summed E-state index contributed by atoms with van der Waals surface area (Å²) in [6.07, 6.45) is 6.51. The number of hydrogen-bond acceptors (Lipinski definition) is 4. The van der Waals surface area contributed by atoms with Gasteiger partial charge in [-0.1, -0.05) is 0 Å². The highest BCUT2D eigenvalue weighted by atomic mass is 16.5. The number of carbonyl (C=O) groups is 1. The molecule has 5 heteroatoms. The first kappa shape index (κ1) is 14.5. The molecular formula is C16H22N2O3. The molecule has 0 radical (unpaired) electrons. The fourth-order valence-corrected chi connectivity index (χ4v) is 3.63. The highest BCUT2D eigenvalue weighted by molar-refractivity contribution is 5.94. The number of hydrogen-bond donors (Lipinski definition) is 0. The van der Waals surface area contributed by atoms with E-state index in [1.165, 1.54) is 0 Å². The van der Waals surface area contributed by atoms with Gasteiger partial charge >= 0.3 is 0 Å². The van der Waals surface area contributed by atoms with E-state index in [1.807, 2.05) is 11.0 Å². The van der Waals surface area contributed by atoms with Crippen LogP contribution >= 0.6 is 0 Å². The summed E-state index contributed by atoms with van der Waals surface area (Å²) in [5, 5.41) is 0. The monoisotopic (exact) mass is 290 g/mol. The minimum Gasteiger partial charge on any atom is -0.384 e. The minimum atomic E-state index is -0.0525. The van der Waals surface area contributed by atoms with Crippen LogP contribution in [0.5, 0.6) is 0 Å². The van der Waals surface area contributed by atoms with E-state index in [1.54, 1.807) is 25.6 Å². The van der Waals surface area contributed by atoms with Gasteiger partial charge in [0.25, 0.3) is 5.91 Å². The van der Waals surface area contributed by atoms with E-state index in [0.29, 0.717) is 18.7 Å². The molecule has 0 aromatic carbocycles. The molecule has 0 N–H and O–H groups in total. The molecule has 114 valence electrons. The number of nitrogens with zero attached hydrogens (tertiary/aromatic N) is 2. The summed E-state index contributed by atoms with van der Waals surface area (Å²) >= 11 is 0. The number of methoxy groups -OCH3 is 1. The van der Waals surface area contributed by atoms with Crippen molar-refractivity contribution in [3.8, 4) is 0 Å². The fourth-order valence-electron chi connectivity index (χ4n) is 3.63. The highest BCUT2D eigenvalue weighted by Crippen LogP contribution is 2.40. The number of ether oxygens (including phenoxy) is 2. The first-order chi connectivity index (χ1) is 10.2. The van der Waals surface area contributed by atoms with Gasteiger partial charge in [0.2, 0.25) is 0 Å². The van der Waals surface area contributed by atoms with Crippen LogP contribution in [-0.2, 0) is 9.47 Å². The fraction of sp³-hybridized carbons (Fsp3) is 0.625. The number of pyridine rings is 1. The normalized spacial score (nSPS) is 29.0. The summed E-state index contributed by atoms with van der Waals surface area (Å²) in [6, 6.07) is 3.62. The number of aromatic nitrogens is 1. The number of carbonyl (C=O) groups excluding carboxylic acids is 1. The molecule has 2 atom stereocenters. The molecule has 0 saturated carbocycles. The van der Waals surface area contributed by atoms with Gasteiger partial charge in [-0.2, -0.15) is 0 Å². The Bertz CT molecular complexity index is 490. The maximum Gasteiger partial charge on any atom is 0.255 e. The Kier molecular flexibility index (Phi) is 4.22. The van der Waals surface area contributed by atoms with Crippen molar-refractivity contribution in [2.75, 3.05) is 33.4 Å². The zero-order chi connectivity index (χ0) is 14.7. The minimum absolute atomic E-state index is 0.0525. The van der Waals surface area contributed by atoms with Gasteiger partial charge in [0.15, 0.2) is 0 Å². The lowest BCUT2D eigenvalue weighted by molar-refractivity contribution is -0.142. The standard InChI is InChI=1S/C16H22N2O3/c1-20-12-16-6-3-9-21-14(16)5-8-18(11-16)15(19)13-4-2-7-17-10-13/h2,4,7,10,14H,3,5-6,8-9,11-12H2,1H3/t14-,16-/m1/s1. The quantitative estimate of drug-likeness (QED) is 0.851. The molecule has 1 aromatic heterocycles. The number of piperidine rings is 1. The van der Waals surface area contributed by atoms with Crippen LogP contribution in [0.4, 0.5) is 0 Å². The van der Waals surface area contributed by atoms with Crippen molar-refractivity contribution in [2.45, 2.75) is 25.4 Å². The van der Waals surface area contributed by atoms with Crippen LogP contribution in [0, 0.1) is 5.41 Å². The summed E-state index contributed by atoms with van der Waals surface area (Å²) < 4.78 is 11.4. The van der Waals surface area contributed by atoms with Crippen molar-refractivity contribution in [3.63, 3.8) is 0 Å². The third-order valence-corrected chi connectivity index (χ3v) is 4.62. The molecule has 3 rings (SSSR count). The lowest BCUT2D eigenvalue weighted by Gasteiger charge is -2.50. The van der Waals surface area contributed by atoms with Crippen molar-refractivity contribution in [1.82, 2.24) is 9.88 Å². The third-order valence-electron chi connectivity index (χ3n) is 4.62. The molecule has 0 spiro atoms. The lowest BCUT2D eigenvalue weighted by Crippen LogP contribution is -2.58. The van der Waals surface area contributed by atoms with Gasteiger partial charge in [-0.15, -0.1) is 0 Å². The van der Waals surface area contributed by atoms with Crippen LogP contribution in [0.2, 0.25) is 0 Å². The van der Waals surface area contributed by atoms with E-state index >= 15 is 0 Å². The molecule has 1 aromatic rings. The molecule has 2 aliphatic heterocycles. The van der Waals surface area contributed by atoms with Gasteiger partial charge in [-0.05, 0) is 31.4 Å². The molecule has 1 amide bonds. The Morgan fingerprint density at radius 1 is 1.62 bits per heavy atom. The second-order valence-corrected chi connectivity index (χ2v) is 6.02. The first-order valence-corrected chi connectivity index (χ1v) is 7.55. The second-order valence-electron chi connectivity index (χ2n) is 6.02. The summed E-state index contributed by atoms with van der Waals surface area (Å²) in [6.45, 7) is 2.92. The van der Waals surface area contributed by atoms with Crippen molar-refractivity contribution >= 4 is 5.91 Å². The van der Waals surface area contributed by atoms with Crippen molar-refractivity contribution in [1.29, 1.82) is 0 Å². The topological polar surface area (TPSA) is 51.7 Å². The maximum atomic E-state index is 12.6. The molecule has 2 fully saturated rings. The van der Waals surface area contributed by atoms with E-state index in [-0.39, 0.29) is 17.4 Å². The predicted octanol–water partition coefficient (Wildman–Crippen LogP) is 1.74. The Morgan fingerprint density at radius 3 is 3.29 bits per heavy atom. The van der Waals surface area contributed by atoms with Crippen molar-refractivity contribution in [3.05, 3.63) is 30.1 Å². The van der Waals surface area contributed by atoms with Gasteiger partial charge in [-0.3, -0.25) is 9.78 Å². The molecule has 21 heavy (non-hydrogen) atoms.